The zero-order valence-corrected chi connectivity index (χ0v) is 30.1. The second-order valence-corrected chi connectivity index (χ2v) is 17.3. The Kier molecular flexibility index (Phi) is 13.6. The summed E-state index contributed by atoms with van der Waals surface area (Å²) in [6.07, 6.45) is 18.4. The van der Waals surface area contributed by atoms with Crippen molar-refractivity contribution < 1.29 is 19.1 Å². The van der Waals surface area contributed by atoms with Gasteiger partial charge in [0.15, 0.2) is 11.7 Å². The summed E-state index contributed by atoms with van der Waals surface area (Å²) in [7, 11) is 0. The molecule has 3 aliphatic rings. The number of Topliss-reactive ketones (excluding diaryl/α,β-unsaturated/α-hetero) is 3. The van der Waals surface area contributed by atoms with Gasteiger partial charge in [0, 0.05) is 31.1 Å². The summed E-state index contributed by atoms with van der Waals surface area (Å²) in [6, 6.07) is -0.349. The number of rotatable bonds is 19. The average molecular weight is 626 g/mol. The third-order valence-corrected chi connectivity index (χ3v) is 10.9. The molecule has 3 saturated carbocycles. The largest absolute Gasteiger partial charge is 0.474 e. The van der Waals surface area contributed by atoms with Crippen LogP contribution in [0.3, 0.4) is 0 Å². The Balaban J connectivity index is 1.70. The lowest BCUT2D eigenvalue weighted by atomic mass is 9.72. The molecule has 0 heterocycles. The number of nitrogens with one attached hydrogen (secondary N) is 1. The number of allylic oxidation sites excluding steroid dienone is 1. The van der Waals surface area contributed by atoms with Gasteiger partial charge in [0.1, 0.15) is 17.2 Å². The molecular formula is C40H67NO4. The van der Waals surface area contributed by atoms with Crippen LogP contribution in [0.25, 0.3) is 0 Å². The van der Waals surface area contributed by atoms with E-state index in [1.54, 1.807) is 0 Å². The fourth-order valence-electron chi connectivity index (χ4n) is 8.58. The number of carbonyl (C=O) groups is 3. The van der Waals surface area contributed by atoms with Gasteiger partial charge in [0.2, 0.25) is 0 Å². The van der Waals surface area contributed by atoms with Crippen LogP contribution in [0.4, 0.5) is 0 Å². The predicted octanol–water partition coefficient (Wildman–Crippen LogP) is 9.93. The minimum atomic E-state index is -0.397. The number of ketones is 3. The molecule has 0 aliphatic heterocycles. The molecule has 5 nitrogen and oxygen atoms in total. The lowest BCUT2D eigenvalue weighted by Gasteiger charge is -2.35. The first-order valence-corrected chi connectivity index (χ1v) is 18.4. The van der Waals surface area contributed by atoms with E-state index in [1.807, 2.05) is 26.8 Å². The van der Waals surface area contributed by atoms with E-state index < -0.39 is 5.60 Å². The van der Waals surface area contributed by atoms with Crippen molar-refractivity contribution in [2.45, 2.75) is 169 Å². The van der Waals surface area contributed by atoms with Crippen molar-refractivity contribution in [1.29, 1.82) is 0 Å². The molecule has 0 radical (unpaired) electrons. The van der Waals surface area contributed by atoms with Crippen LogP contribution in [-0.2, 0) is 19.1 Å². The van der Waals surface area contributed by atoms with Crippen molar-refractivity contribution in [2.75, 3.05) is 0 Å². The Hall–Kier alpha value is -1.91. The van der Waals surface area contributed by atoms with Gasteiger partial charge < -0.3 is 10.1 Å². The molecular weight excluding hydrogens is 558 g/mol. The van der Waals surface area contributed by atoms with Gasteiger partial charge in [0.25, 0.3) is 0 Å². The lowest BCUT2D eigenvalue weighted by Crippen LogP contribution is -2.48. The van der Waals surface area contributed by atoms with Crippen molar-refractivity contribution in [2.24, 2.45) is 40.4 Å². The molecule has 3 fully saturated rings. The summed E-state index contributed by atoms with van der Waals surface area (Å²) in [4.78, 5) is 41.2. The minimum Gasteiger partial charge on any atom is -0.474 e. The van der Waals surface area contributed by atoms with Crippen molar-refractivity contribution in [1.82, 2.24) is 5.32 Å². The minimum absolute atomic E-state index is 0.0439. The van der Waals surface area contributed by atoms with E-state index in [0.717, 1.165) is 70.6 Å². The number of hydrogen-bond donors (Lipinski definition) is 1. The Morgan fingerprint density at radius 2 is 1.64 bits per heavy atom. The first-order valence-electron chi connectivity index (χ1n) is 18.4. The third kappa shape index (κ3) is 11.7. The topological polar surface area (TPSA) is 72.5 Å². The molecule has 0 aromatic rings. The molecule has 5 heteroatoms. The van der Waals surface area contributed by atoms with Crippen LogP contribution in [0.2, 0.25) is 0 Å². The maximum Gasteiger partial charge on any atom is 0.180 e. The highest BCUT2D eigenvalue weighted by Crippen LogP contribution is 2.59. The molecule has 5 atom stereocenters. The van der Waals surface area contributed by atoms with Crippen LogP contribution >= 0.6 is 0 Å². The van der Waals surface area contributed by atoms with E-state index in [0.29, 0.717) is 42.6 Å². The monoisotopic (exact) mass is 626 g/mol. The molecule has 0 aromatic carbocycles. The second kappa shape index (κ2) is 16.3. The molecule has 0 saturated heterocycles. The molecule has 4 unspecified atom stereocenters. The van der Waals surface area contributed by atoms with Crippen LogP contribution in [0.5, 0.6) is 0 Å². The molecule has 0 aromatic heterocycles. The molecule has 45 heavy (non-hydrogen) atoms. The highest BCUT2D eigenvalue weighted by atomic mass is 16.5. The summed E-state index contributed by atoms with van der Waals surface area (Å²) in [5.74, 6) is 1.67. The summed E-state index contributed by atoms with van der Waals surface area (Å²) < 4.78 is 6.02. The van der Waals surface area contributed by atoms with Gasteiger partial charge in [-0.1, -0.05) is 59.5 Å². The van der Waals surface area contributed by atoms with E-state index in [4.69, 9.17) is 4.74 Å². The first-order chi connectivity index (χ1) is 21.0. The molecule has 0 amide bonds. The van der Waals surface area contributed by atoms with Gasteiger partial charge in [-0.25, -0.2) is 0 Å². The standard InChI is InChI=1S/C40H67NO4/c1-10-11-19-31(40(24-25-40)23-16-15-20-32(42)27-38(4,5)6)26-34(43)35-28(2)21-22-33(35)37(44)36(30-17-13-12-14-18-30)41-29(3)45-39(7,8)9/h10,28,30-31,33,35-36,41H,1,3,11-27H2,2,4-9H3/t28?,31?,33?,35?,36-/m0/s1. The Morgan fingerprint density at radius 1 is 0.978 bits per heavy atom. The SMILES string of the molecule is C=CCCC(CC(=O)C1C(C)CCC1C(=O)[C@@H](NC(=C)OC(C)(C)C)C1CCCCC1)C1(CCCCC(=O)CC(C)(C)C)CC1. The maximum atomic E-state index is 14.4. The summed E-state index contributed by atoms with van der Waals surface area (Å²) in [6.45, 7) is 22.6. The zero-order valence-electron chi connectivity index (χ0n) is 30.1. The predicted molar refractivity (Wildman–Crippen MR) is 186 cm³/mol. The van der Waals surface area contributed by atoms with Crippen LogP contribution < -0.4 is 5.32 Å². The summed E-state index contributed by atoms with van der Waals surface area (Å²) >= 11 is 0. The van der Waals surface area contributed by atoms with Crippen LogP contribution in [0.1, 0.15) is 158 Å². The number of carbonyl (C=O) groups excluding carboxylic acids is 3. The highest BCUT2D eigenvalue weighted by Gasteiger charge is 2.51. The van der Waals surface area contributed by atoms with Gasteiger partial charge in [-0.3, -0.25) is 14.4 Å². The normalized spacial score (nSPS) is 24.8. The highest BCUT2D eigenvalue weighted by molar-refractivity contribution is 5.93. The molecule has 3 aliphatic carbocycles. The number of unbranched alkanes of at least 4 members (excludes halogenated alkanes) is 1. The van der Waals surface area contributed by atoms with Gasteiger partial charge in [-0.05, 0) is 120 Å². The Morgan fingerprint density at radius 3 is 2.22 bits per heavy atom. The molecule has 0 spiro atoms. The maximum absolute atomic E-state index is 14.4. The average Bonchev–Trinajstić information content (AvgIpc) is 3.63. The quantitative estimate of drug-likeness (QED) is 0.0879. The Bertz CT molecular complexity index is 1020. The van der Waals surface area contributed by atoms with Crippen molar-refractivity contribution in [3.63, 3.8) is 0 Å². The van der Waals surface area contributed by atoms with E-state index in [2.05, 4.69) is 46.2 Å². The van der Waals surface area contributed by atoms with Crippen molar-refractivity contribution in [3.05, 3.63) is 25.1 Å². The van der Waals surface area contributed by atoms with Gasteiger partial charge in [-0.2, -0.15) is 0 Å². The summed E-state index contributed by atoms with van der Waals surface area (Å²) in [5.41, 5.74) is -0.144. The number of ether oxygens (including phenoxy) is 1. The smallest absolute Gasteiger partial charge is 0.180 e. The van der Waals surface area contributed by atoms with Gasteiger partial charge in [0.05, 0.1) is 6.04 Å². The number of hydrogen-bond acceptors (Lipinski definition) is 5. The lowest BCUT2D eigenvalue weighted by molar-refractivity contribution is -0.135. The van der Waals surface area contributed by atoms with E-state index in [-0.39, 0.29) is 46.3 Å². The molecule has 0 bridgehead atoms. The van der Waals surface area contributed by atoms with Crippen molar-refractivity contribution in [3.8, 4) is 0 Å². The zero-order chi connectivity index (χ0) is 33.4. The third-order valence-electron chi connectivity index (χ3n) is 10.9. The van der Waals surface area contributed by atoms with Crippen molar-refractivity contribution >= 4 is 17.3 Å². The molecule has 3 rings (SSSR count). The van der Waals surface area contributed by atoms with Crippen LogP contribution in [0, 0.1) is 40.4 Å². The fourth-order valence-corrected chi connectivity index (χ4v) is 8.58. The van der Waals surface area contributed by atoms with Crippen LogP contribution in [0.15, 0.2) is 25.1 Å². The first kappa shape index (κ1) is 37.5. The van der Waals surface area contributed by atoms with Crippen LogP contribution in [-0.4, -0.2) is 29.0 Å². The van der Waals surface area contributed by atoms with E-state index in [1.165, 1.54) is 19.3 Å². The second-order valence-electron chi connectivity index (χ2n) is 17.3. The van der Waals surface area contributed by atoms with Gasteiger partial charge >= 0.3 is 0 Å². The summed E-state index contributed by atoms with van der Waals surface area (Å²) in [5, 5.41) is 3.43. The fraction of sp³-hybridized carbons (Fsp3) is 0.825. The van der Waals surface area contributed by atoms with Gasteiger partial charge in [-0.15, -0.1) is 6.58 Å². The van der Waals surface area contributed by atoms with E-state index >= 15 is 0 Å². The molecule has 1 N–H and O–H groups in total. The van der Waals surface area contributed by atoms with E-state index in [9.17, 15) is 14.4 Å². The Labute approximate surface area is 276 Å². The molecule has 256 valence electrons.